The number of rotatable bonds is 3. The van der Waals surface area contributed by atoms with Crippen LogP contribution in [0.1, 0.15) is 45.0 Å². The van der Waals surface area contributed by atoms with Crippen LogP contribution in [-0.2, 0) is 14.0 Å². The maximum absolute atomic E-state index is 13.1. The molecule has 1 atom stereocenters. The Kier molecular flexibility index (Phi) is 5.07. The molecule has 0 aliphatic carbocycles. The molecule has 1 amide bonds. The molecule has 0 spiro atoms. The summed E-state index contributed by atoms with van der Waals surface area (Å²) in [6, 6.07) is 5.55. The minimum Gasteiger partial charge on any atom is -0.496 e. The second-order valence-corrected chi connectivity index (χ2v) is 7.97. The third kappa shape index (κ3) is 3.35. The Morgan fingerprint density at radius 3 is 2.46 bits per heavy atom. The summed E-state index contributed by atoms with van der Waals surface area (Å²) in [5, 5.41) is 0. The highest BCUT2D eigenvalue weighted by molar-refractivity contribution is 6.62. The van der Waals surface area contributed by atoms with E-state index in [1.165, 1.54) is 0 Å². The van der Waals surface area contributed by atoms with Gasteiger partial charge in [0.05, 0.1) is 43.1 Å². The molecule has 7 heteroatoms. The van der Waals surface area contributed by atoms with Crippen LogP contribution in [-0.4, -0.2) is 62.0 Å². The highest BCUT2D eigenvalue weighted by Gasteiger charge is 2.51. The van der Waals surface area contributed by atoms with Gasteiger partial charge in [-0.1, -0.05) is 6.07 Å². The zero-order valence-electron chi connectivity index (χ0n) is 16.5. The van der Waals surface area contributed by atoms with Crippen LogP contribution in [0.3, 0.4) is 0 Å². The van der Waals surface area contributed by atoms with E-state index in [4.69, 9.17) is 18.8 Å². The Morgan fingerprint density at radius 1 is 1.23 bits per heavy atom. The van der Waals surface area contributed by atoms with E-state index in [2.05, 4.69) is 0 Å². The maximum atomic E-state index is 13.1. The molecule has 0 aromatic heterocycles. The van der Waals surface area contributed by atoms with Crippen molar-refractivity contribution in [3.05, 3.63) is 23.8 Å². The summed E-state index contributed by atoms with van der Waals surface area (Å²) in [6.07, 6.45) is 0. The summed E-state index contributed by atoms with van der Waals surface area (Å²) in [6.45, 7) is 11.7. The third-order valence-electron chi connectivity index (χ3n) is 5.61. The van der Waals surface area contributed by atoms with Crippen LogP contribution >= 0.6 is 0 Å². The summed E-state index contributed by atoms with van der Waals surface area (Å²) in [5.74, 6) is 0.491. The van der Waals surface area contributed by atoms with Crippen LogP contribution in [0, 0.1) is 0 Å². The van der Waals surface area contributed by atoms with E-state index in [1.54, 1.807) is 13.2 Å². The SMILES string of the molecule is COc1ccc(B2OC(C)(C)C(C)(C)O2)cc1C(=O)N1CCOC[C@@H]1C. The lowest BCUT2D eigenvalue weighted by Crippen LogP contribution is -2.47. The van der Waals surface area contributed by atoms with Gasteiger partial charge in [-0.05, 0) is 52.2 Å². The molecule has 0 bridgehead atoms. The van der Waals surface area contributed by atoms with Crippen molar-refractivity contribution in [1.29, 1.82) is 0 Å². The topological polar surface area (TPSA) is 57.2 Å². The van der Waals surface area contributed by atoms with Gasteiger partial charge < -0.3 is 23.7 Å². The second-order valence-electron chi connectivity index (χ2n) is 7.97. The van der Waals surface area contributed by atoms with Gasteiger partial charge in [0.15, 0.2) is 0 Å². The highest BCUT2D eigenvalue weighted by atomic mass is 16.7. The summed E-state index contributed by atoms with van der Waals surface area (Å²) < 4.78 is 23.1. The molecule has 26 heavy (non-hydrogen) atoms. The van der Waals surface area contributed by atoms with Gasteiger partial charge in [0.1, 0.15) is 5.75 Å². The minimum atomic E-state index is -0.514. The Hall–Kier alpha value is -1.57. The molecule has 0 saturated carbocycles. The lowest BCUT2D eigenvalue weighted by Gasteiger charge is -2.33. The van der Waals surface area contributed by atoms with Gasteiger partial charge in [0, 0.05) is 6.54 Å². The number of methoxy groups -OCH3 is 1. The first-order valence-electron chi connectivity index (χ1n) is 9.08. The average Bonchev–Trinajstić information content (AvgIpc) is 2.82. The molecular weight excluding hydrogens is 333 g/mol. The molecular formula is C19H28BNO5. The maximum Gasteiger partial charge on any atom is 0.494 e. The van der Waals surface area contributed by atoms with Gasteiger partial charge in [-0.3, -0.25) is 4.79 Å². The number of morpholine rings is 1. The Balaban J connectivity index is 1.91. The van der Waals surface area contributed by atoms with Crippen molar-refractivity contribution in [2.75, 3.05) is 26.9 Å². The summed E-state index contributed by atoms with van der Waals surface area (Å²) >= 11 is 0. The van der Waals surface area contributed by atoms with E-state index in [-0.39, 0.29) is 11.9 Å². The molecule has 6 nitrogen and oxygen atoms in total. The van der Waals surface area contributed by atoms with Crippen LogP contribution in [0.2, 0.25) is 0 Å². The predicted molar refractivity (Wildman–Crippen MR) is 100 cm³/mol. The monoisotopic (exact) mass is 361 g/mol. The van der Waals surface area contributed by atoms with Crippen molar-refractivity contribution in [3.8, 4) is 5.75 Å². The lowest BCUT2D eigenvalue weighted by molar-refractivity contribution is 0.00345. The average molecular weight is 361 g/mol. The molecule has 3 rings (SSSR count). The quantitative estimate of drug-likeness (QED) is 0.770. The molecule has 2 aliphatic rings. The van der Waals surface area contributed by atoms with E-state index in [0.29, 0.717) is 31.1 Å². The van der Waals surface area contributed by atoms with Crippen LogP contribution < -0.4 is 10.2 Å². The van der Waals surface area contributed by atoms with Crippen molar-refractivity contribution in [2.45, 2.75) is 51.9 Å². The van der Waals surface area contributed by atoms with Crippen LogP contribution in [0.15, 0.2) is 18.2 Å². The number of nitrogens with zero attached hydrogens (tertiary/aromatic N) is 1. The van der Waals surface area contributed by atoms with Gasteiger partial charge in [0.25, 0.3) is 5.91 Å². The van der Waals surface area contributed by atoms with Crippen molar-refractivity contribution >= 4 is 18.5 Å². The van der Waals surface area contributed by atoms with Gasteiger partial charge in [-0.15, -0.1) is 0 Å². The van der Waals surface area contributed by atoms with Crippen LogP contribution in [0.25, 0.3) is 0 Å². The van der Waals surface area contributed by atoms with Gasteiger partial charge in [-0.25, -0.2) is 0 Å². The number of amides is 1. The molecule has 2 saturated heterocycles. The van der Waals surface area contributed by atoms with E-state index >= 15 is 0 Å². The van der Waals surface area contributed by atoms with Crippen molar-refractivity contribution in [1.82, 2.24) is 4.90 Å². The minimum absolute atomic E-state index is 0.0291. The first kappa shape index (κ1) is 19.2. The van der Waals surface area contributed by atoms with E-state index in [1.807, 2.05) is 51.7 Å². The van der Waals surface area contributed by atoms with Crippen molar-refractivity contribution < 1.29 is 23.6 Å². The van der Waals surface area contributed by atoms with E-state index in [0.717, 1.165) is 5.46 Å². The third-order valence-corrected chi connectivity index (χ3v) is 5.61. The molecule has 2 heterocycles. The number of carbonyl (C=O) groups excluding carboxylic acids is 1. The first-order chi connectivity index (χ1) is 12.2. The standard InChI is InChI=1S/C19H28BNO5/c1-13-12-24-10-9-21(13)17(22)15-11-14(7-8-16(15)23-6)20-25-18(2,3)19(4,5)26-20/h7-8,11,13H,9-10,12H2,1-6H3/t13-/m0/s1. The fourth-order valence-electron chi connectivity index (χ4n) is 3.20. The molecule has 0 N–H and O–H groups in total. The fourth-order valence-corrected chi connectivity index (χ4v) is 3.20. The molecule has 0 radical (unpaired) electrons. The Labute approximate surface area is 155 Å². The molecule has 2 fully saturated rings. The smallest absolute Gasteiger partial charge is 0.494 e. The number of hydrogen-bond acceptors (Lipinski definition) is 5. The van der Waals surface area contributed by atoms with Gasteiger partial charge >= 0.3 is 7.12 Å². The molecule has 1 aromatic carbocycles. The van der Waals surface area contributed by atoms with Crippen LogP contribution in [0.4, 0.5) is 0 Å². The lowest BCUT2D eigenvalue weighted by atomic mass is 9.78. The fraction of sp³-hybridized carbons (Fsp3) is 0.632. The molecule has 142 valence electrons. The van der Waals surface area contributed by atoms with E-state index in [9.17, 15) is 4.79 Å². The number of benzene rings is 1. The summed E-state index contributed by atoms with van der Waals surface area (Å²) in [7, 11) is 1.06. The number of ether oxygens (including phenoxy) is 2. The zero-order valence-corrected chi connectivity index (χ0v) is 16.5. The highest BCUT2D eigenvalue weighted by Crippen LogP contribution is 2.36. The van der Waals surface area contributed by atoms with Crippen molar-refractivity contribution in [3.63, 3.8) is 0 Å². The van der Waals surface area contributed by atoms with Gasteiger partial charge in [0.2, 0.25) is 0 Å². The van der Waals surface area contributed by atoms with Crippen LogP contribution in [0.5, 0.6) is 5.75 Å². The first-order valence-corrected chi connectivity index (χ1v) is 9.08. The largest absolute Gasteiger partial charge is 0.496 e. The molecule has 1 aromatic rings. The van der Waals surface area contributed by atoms with Gasteiger partial charge in [-0.2, -0.15) is 0 Å². The molecule has 2 aliphatic heterocycles. The zero-order chi connectivity index (χ0) is 19.1. The Bertz CT molecular complexity index is 675. The predicted octanol–water partition coefficient (Wildman–Crippen LogP) is 1.86. The summed E-state index contributed by atoms with van der Waals surface area (Å²) in [4.78, 5) is 14.9. The van der Waals surface area contributed by atoms with E-state index < -0.39 is 18.3 Å². The summed E-state index contributed by atoms with van der Waals surface area (Å²) in [5.41, 5.74) is 0.475. The Morgan fingerprint density at radius 2 is 1.88 bits per heavy atom. The van der Waals surface area contributed by atoms with Crippen molar-refractivity contribution in [2.24, 2.45) is 0 Å². The second kappa shape index (κ2) is 6.87. The normalized spacial score (nSPS) is 24.6. The number of carbonyl (C=O) groups is 1. The number of hydrogen-bond donors (Lipinski definition) is 0. The molecule has 0 unspecified atom stereocenters.